The molecule has 0 aliphatic heterocycles. The first-order chi connectivity index (χ1) is 10.6. The molecule has 0 bridgehead atoms. The SMILES string of the molecule is O=C(Oc1ccc(-c2nnco2)cc1)c1cc(F)cc(F)c1. The zero-order chi connectivity index (χ0) is 15.5. The van der Waals surface area contributed by atoms with E-state index in [-0.39, 0.29) is 11.3 Å². The minimum atomic E-state index is -0.857. The lowest BCUT2D eigenvalue weighted by Crippen LogP contribution is -2.09. The Kier molecular flexibility index (Phi) is 3.61. The summed E-state index contributed by atoms with van der Waals surface area (Å²) in [6.07, 6.45) is 1.20. The number of esters is 1. The van der Waals surface area contributed by atoms with Gasteiger partial charge in [-0.1, -0.05) is 0 Å². The van der Waals surface area contributed by atoms with Crippen LogP contribution in [0.25, 0.3) is 11.5 Å². The van der Waals surface area contributed by atoms with Crippen molar-refractivity contribution in [2.24, 2.45) is 0 Å². The van der Waals surface area contributed by atoms with Gasteiger partial charge in [0.15, 0.2) is 0 Å². The Bertz CT molecular complexity index is 782. The molecule has 0 aliphatic carbocycles. The van der Waals surface area contributed by atoms with Crippen LogP contribution in [0.15, 0.2) is 53.3 Å². The number of nitrogens with zero attached hydrogens (tertiary/aromatic N) is 2. The zero-order valence-corrected chi connectivity index (χ0v) is 11.0. The maximum absolute atomic E-state index is 13.1. The Morgan fingerprint density at radius 3 is 2.32 bits per heavy atom. The van der Waals surface area contributed by atoms with E-state index in [0.29, 0.717) is 17.5 Å². The van der Waals surface area contributed by atoms with Crippen LogP contribution >= 0.6 is 0 Å². The van der Waals surface area contributed by atoms with Crippen molar-refractivity contribution in [2.75, 3.05) is 0 Å². The quantitative estimate of drug-likeness (QED) is 0.549. The number of carbonyl (C=O) groups is 1. The van der Waals surface area contributed by atoms with Gasteiger partial charge in [0.1, 0.15) is 17.4 Å². The number of hydrogen-bond acceptors (Lipinski definition) is 5. The number of carbonyl (C=O) groups excluding carboxylic acids is 1. The Morgan fingerprint density at radius 2 is 1.73 bits per heavy atom. The highest BCUT2D eigenvalue weighted by atomic mass is 19.1. The third-order valence-electron chi connectivity index (χ3n) is 2.77. The lowest BCUT2D eigenvalue weighted by Gasteiger charge is -2.05. The molecule has 0 saturated heterocycles. The molecule has 0 aliphatic rings. The average Bonchev–Trinajstić information content (AvgIpc) is 3.01. The molecule has 1 aromatic heterocycles. The predicted molar refractivity (Wildman–Crippen MR) is 71.1 cm³/mol. The van der Waals surface area contributed by atoms with E-state index in [1.54, 1.807) is 12.1 Å². The predicted octanol–water partition coefficient (Wildman–Crippen LogP) is 3.23. The van der Waals surface area contributed by atoms with Crippen molar-refractivity contribution in [3.63, 3.8) is 0 Å². The molecule has 0 radical (unpaired) electrons. The summed E-state index contributed by atoms with van der Waals surface area (Å²) in [6.45, 7) is 0. The van der Waals surface area contributed by atoms with Crippen LogP contribution in [0.5, 0.6) is 5.75 Å². The summed E-state index contributed by atoms with van der Waals surface area (Å²) in [6, 6.07) is 8.72. The Hall–Kier alpha value is -3.09. The van der Waals surface area contributed by atoms with Gasteiger partial charge in [-0.3, -0.25) is 0 Å². The topological polar surface area (TPSA) is 65.2 Å². The van der Waals surface area contributed by atoms with Crippen LogP contribution in [-0.4, -0.2) is 16.2 Å². The molecule has 0 unspecified atom stereocenters. The molecule has 0 fully saturated rings. The molecule has 3 aromatic rings. The first-order valence-corrected chi connectivity index (χ1v) is 6.17. The normalized spacial score (nSPS) is 10.5. The number of rotatable bonds is 3. The number of hydrogen-bond donors (Lipinski definition) is 0. The molecular weight excluding hydrogens is 294 g/mol. The second kappa shape index (κ2) is 5.72. The highest BCUT2D eigenvalue weighted by molar-refractivity contribution is 5.91. The number of aromatic nitrogens is 2. The van der Waals surface area contributed by atoms with Crippen LogP contribution in [0.1, 0.15) is 10.4 Å². The van der Waals surface area contributed by atoms with E-state index in [0.717, 1.165) is 12.1 Å². The van der Waals surface area contributed by atoms with Crippen molar-refractivity contribution in [3.8, 4) is 17.2 Å². The van der Waals surface area contributed by atoms with Crippen LogP contribution < -0.4 is 4.74 Å². The van der Waals surface area contributed by atoms with Gasteiger partial charge in [-0.05, 0) is 36.4 Å². The molecule has 5 nitrogen and oxygen atoms in total. The van der Waals surface area contributed by atoms with Crippen LogP contribution in [0.3, 0.4) is 0 Å². The molecule has 0 atom stereocenters. The molecule has 110 valence electrons. The Morgan fingerprint density at radius 1 is 1.05 bits per heavy atom. The Balaban J connectivity index is 1.76. The van der Waals surface area contributed by atoms with Gasteiger partial charge in [-0.15, -0.1) is 10.2 Å². The fourth-order valence-corrected chi connectivity index (χ4v) is 1.80. The van der Waals surface area contributed by atoms with Gasteiger partial charge in [-0.25, -0.2) is 13.6 Å². The van der Waals surface area contributed by atoms with Crippen molar-refractivity contribution >= 4 is 5.97 Å². The second-order valence-electron chi connectivity index (χ2n) is 4.32. The number of benzene rings is 2. The first-order valence-electron chi connectivity index (χ1n) is 6.17. The van der Waals surface area contributed by atoms with Gasteiger partial charge in [0.2, 0.25) is 12.3 Å². The smallest absolute Gasteiger partial charge is 0.343 e. The van der Waals surface area contributed by atoms with Crippen molar-refractivity contribution in [2.45, 2.75) is 0 Å². The Labute approximate surface area is 123 Å². The average molecular weight is 302 g/mol. The van der Waals surface area contributed by atoms with Crippen LogP contribution in [-0.2, 0) is 0 Å². The van der Waals surface area contributed by atoms with E-state index in [1.165, 1.54) is 18.5 Å². The molecule has 22 heavy (non-hydrogen) atoms. The van der Waals surface area contributed by atoms with E-state index in [1.807, 2.05) is 0 Å². The molecular formula is C15H8F2N2O3. The lowest BCUT2D eigenvalue weighted by molar-refractivity contribution is 0.0733. The van der Waals surface area contributed by atoms with Crippen molar-refractivity contribution < 1.29 is 22.7 Å². The molecule has 0 N–H and O–H groups in total. The minimum absolute atomic E-state index is 0.210. The fourth-order valence-electron chi connectivity index (χ4n) is 1.80. The minimum Gasteiger partial charge on any atom is -0.423 e. The summed E-state index contributed by atoms with van der Waals surface area (Å²) < 4.78 is 36.2. The molecule has 0 saturated carbocycles. The van der Waals surface area contributed by atoms with Gasteiger partial charge >= 0.3 is 5.97 Å². The van der Waals surface area contributed by atoms with Crippen LogP contribution in [0.4, 0.5) is 8.78 Å². The van der Waals surface area contributed by atoms with E-state index in [2.05, 4.69) is 10.2 Å². The standard InChI is InChI=1S/C15H8F2N2O3/c16-11-5-10(6-12(17)7-11)15(20)22-13-3-1-9(2-4-13)14-19-18-8-21-14/h1-8H. The van der Waals surface area contributed by atoms with E-state index < -0.39 is 17.6 Å². The van der Waals surface area contributed by atoms with Crippen molar-refractivity contribution in [1.29, 1.82) is 0 Å². The summed E-state index contributed by atoms with van der Waals surface area (Å²) >= 11 is 0. The van der Waals surface area contributed by atoms with Gasteiger partial charge in [-0.2, -0.15) is 0 Å². The molecule has 1 heterocycles. The molecule has 0 spiro atoms. The summed E-state index contributed by atoms with van der Waals surface area (Å²) in [7, 11) is 0. The molecule has 3 rings (SSSR count). The van der Waals surface area contributed by atoms with Gasteiger partial charge in [0, 0.05) is 11.6 Å². The molecule has 2 aromatic carbocycles. The highest BCUT2D eigenvalue weighted by Crippen LogP contribution is 2.21. The summed E-state index contributed by atoms with van der Waals surface area (Å²) in [4.78, 5) is 11.8. The van der Waals surface area contributed by atoms with Gasteiger partial charge in [0.25, 0.3) is 0 Å². The van der Waals surface area contributed by atoms with Crippen molar-refractivity contribution in [1.82, 2.24) is 10.2 Å². The van der Waals surface area contributed by atoms with Gasteiger partial charge < -0.3 is 9.15 Å². The fraction of sp³-hybridized carbons (Fsp3) is 0. The van der Waals surface area contributed by atoms with E-state index >= 15 is 0 Å². The lowest BCUT2D eigenvalue weighted by atomic mass is 10.2. The largest absolute Gasteiger partial charge is 0.423 e. The third kappa shape index (κ3) is 2.98. The van der Waals surface area contributed by atoms with Gasteiger partial charge in [0.05, 0.1) is 5.56 Å². The molecule has 7 heteroatoms. The van der Waals surface area contributed by atoms with Crippen molar-refractivity contribution in [3.05, 3.63) is 66.1 Å². The highest BCUT2D eigenvalue weighted by Gasteiger charge is 2.12. The maximum Gasteiger partial charge on any atom is 0.343 e. The summed E-state index contributed by atoms with van der Waals surface area (Å²) in [5, 5.41) is 7.29. The van der Waals surface area contributed by atoms with E-state index in [4.69, 9.17) is 9.15 Å². The molecule has 0 amide bonds. The monoisotopic (exact) mass is 302 g/mol. The summed E-state index contributed by atoms with van der Waals surface area (Å²) in [5.41, 5.74) is 0.438. The van der Waals surface area contributed by atoms with Crippen LogP contribution in [0, 0.1) is 11.6 Å². The third-order valence-corrected chi connectivity index (χ3v) is 2.77. The first kappa shape index (κ1) is 13.9. The maximum atomic E-state index is 13.1. The van der Waals surface area contributed by atoms with E-state index in [9.17, 15) is 13.6 Å². The zero-order valence-electron chi connectivity index (χ0n) is 11.0. The number of halogens is 2. The summed E-state index contributed by atoms with van der Waals surface area (Å²) in [5.74, 6) is -2.01. The second-order valence-corrected chi connectivity index (χ2v) is 4.32. The van der Waals surface area contributed by atoms with Crippen LogP contribution in [0.2, 0.25) is 0 Å². The number of ether oxygens (including phenoxy) is 1.